The average molecular weight is 329 g/mol. The summed E-state index contributed by atoms with van der Waals surface area (Å²) in [4.78, 5) is 10.0. The number of nitrogens with one attached hydrogen (secondary N) is 1. The highest BCUT2D eigenvalue weighted by atomic mass is 32.2. The van der Waals surface area contributed by atoms with Gasteiger partial charge in [0.05, 0.1) is 4.90 Å². The number of halogens is 4. The van der Waals surface area contributed by atoms with E-state index in [4.69, 9.17) is 5.11 Å². The molecule has 0 heterocycles. The van der Waals surface area contributed by atoms with E-state index in [9.17, 15) is 30.8 Å². The first-order valence-corrected chi connectivity index (χ1v) is 6.90. The average Bonchev–Trinajstić information content (AvgIpc) is 2.29. The van der Waals surface area contributed by atoms with Crippen LogP contribution in [0.3, 0.4) is 0 Å². The maximum Gasteiger partial charge on any atom is 0.418 e. The summed E-state index contributed by atoms with van der Waals surface area (Å²) in [6.07, 6.45) is -5.38. The minimum absolute atomic E-state index is 0.0289. The van der Waals surface area contributed by atoms with Crippen LogP contribution in [0, 0.1) is 12.7 Å². The third-order valence-corrected chi connectivity index (χ3v) is 4.47. The van der Waals surface area contributed by atoms with Crippen molar-refractivity contribution in [3.63, 3.8) is 0 Å². The maximum atomic E-state index is 13.1. The van der Waals surface area contributed by atoms with Crippen LogP contribution in [0.2, 0.25) is 0 Å². The van der Waals surface area contributed by atoms with E-state index in [-0.39, 0.29) is 12.5 Å². The van der Waals surface area contributed by atoms with Crippen molar-refractivity contribution in [2.75, 3.05) is 0 Å². The molecule has 1 aromatic carbocycles. The Morgan fingerprint density at radius 1 is 1.29 bits per heavy atom. The molecule has 0 saturated carbocycles. The number of aliphatic carboxylic acids is 1. The van der Waals surface area contributed by atoms with Crippen LogP contribution in [0.5, 0.6) is 0 Å². The minimum atomic E-state index is -5.38. The van der Waals surface area contributed by atoms with E-state index in [2.05, 4.69) is 0 Å². The van der Waals surface area contributed by atoms with Crippen molar-refractivity contribution >= 4 is 16.0 Å². The molecule has 118 valence electrons. The number of hydrogen-bond acceptors (Lipinski definition) is 3. The molecule has 0 aliphatic heterocycles. The van der Waals surface area contributed by atoms with Crippen LogP contribution in [-0.2, 0) is 14.8 Å². The van der Waals surface area contributed by atoms with E-state index in [0.717, 1.165) is 16.9 Å². The van der Waals surface area contributed by atoms with Gasteiger partial charge in [0.15, 0.2) is 0 Å². The van der Waals surface area contributed by atoms with Gasteiger partial charge in [-0.2, -0.15) is 17.9 Å². The number of aryl methyl sites for hydroxylation is 1. The fourth-order valence-corrected chi connectivity index (χ4v) is 3.02. The second-order valence-electron chi connectivity index (χ2n) is 4.44. The molecule has 10 heteroatoms. The van der Waals surface area contributed by atoms with Crippen molar-refractivity contribution in [1.82, 2.24) is 4.72 Å². The first-order valence-electron chi connectivity index (χ1n) is 5.41. The van der Waals surface area contributed by atoms with Gasteiger partial charge >= 0.3 is 12.1 Å². The van der Waals surface area contributed by atoms with Crippen LogP contribution in [0.15, 0.2) is 23.1 Å². The molecule has 1 rings (SSSR count). The van der Waals surface area contributed by atoms with Gasteiger partial charge in [-0.25, -0.2) is 17.6 Å². The molecule has 0 fully saturated rings. The first-order chi connectivity index (χ1) is 9.31. The first kappa shape index (κ1) is 17.4. The summed E-state index contributed by atoms with van der Waals surface area (Å²) in [5.74, 6) is -3.40. The van der Waals surface area contributed by atoms with E-state index in [0.29, 0.717) is 6.07 Å². The van der Waals surface area contributed by atoms with Crippen LogP contribution in [0.4, 0.5) is 17.6 Å². The molecule has 21 heavy (non-hydrogen) atoms. The molecule has 0 radical (unpaired) electrons. The lowest BCUT2D eigenvalue weighted by Crippen LogP contribution is -2.61. The maximum absolute atomic E-state index is 13.1. The Morgan fingerprint density at radius 3 is 2.24 bits per heavy atom. The summed E-state index contributed by atoms with van der Waals surface area (Å²) < 4.78 is 76.4. The SMILES string of the molecule is Cc1ccc(F)cc1S(=O)(=O)NC(C)(C(=O)O)C(F)(F)F. The predicted molar refractivity (Wildman–Crippen MR) is 63.6 cm³/mol. The molecule has 0 aliphatic rings. The zero-order valence-corrected chi connectivity index (χ0v) is 11.6. The minimum Gasteiger partial charge on any atom is -0.480 e. The van der Waals surface area contributed by atoms with Gasteiger partial charge in [-0.3, -0.25) is 0 Å². The summed E-state index contributed by atoms with van der Waals surface area (Å²) in [6, 6.07) is 2.49. The Labute approximate surface area is 117 Å². The third-order valence-electron chi connectivity index (χ3n) is 2.77. The van der Waals surface area contributed by atoms with E-state index in [1.165, 1.54) is 6.92 Å². The molecule has 0 bridgehead atoms. The van der Waals surface area contributed by atoms with Gasteiger partial charge in [0.25, 0.3) is 0 Å². The number of carboxylic acids is 1. The lowest BCUT2D eigenvalue weighted by Gasteiger charge is -2.28. The molecule has 0 spiro atoms. The number of benzene rings is 1. The van der Waals surface area contributed by atoms with E-state index < -0.39 is 38.4 Å². The Balaban J connectivity index is 3.39. The summed E-state index contributed by atoms with van der Waals surface area (Å²) in [5, 5.41) is 8.68. The van der Waals surface area contributed by atoms with Gasteiger partial charge in [-0.05, 0) is 31.5 Å². The molecule has 0 aliphatic carbocycles. The zero-order valence-electron chi connectivity index (χ0n) is 10.8. The van der Waals surface area contributed by atoms with Gasteiger partial charge < -0.3 is 5.11 Å². The molecule has 5 nitrogen and oxygen atoms in total. The van der Waals surface area contributed by atoms with Crippen LogP contribution < -0.4 is 4.72 Å². The standard InChI is InChI=1S/C11H11F4NO4S/c1-6-3-4-7(12)5-8(6)21(19,20)16-10(2,9(17)18)11(13,14)15/h3-5,16H,1-2H3,(H,17,18). The predicted octanol–water partition coefficient (Wildman–Crippen LogP) is 1.82. The topological polar surface area (TPSA) is 83.5 Å². The highest BCUT2D eigenvalue weighted by Gasteiger charge is 2.59. The van der Waals surface area contributed by atoms with Crippen LogP contribution >= 0.6 is 0 Å². The smallest absolute Gasteiger partial charge is 0.418 e. The number of sulfonamides is 1. The van der Waals surface area contributed by atoms with Gasteiger partial charge in [0.2, 0.25) is 15.6 Å². The normalized spacial score (nSPS) is 15.5. The molecule has 1 aromatic rings. The Morgan fingerprint density at radius 2 is 1.81 bits per heavy atom. The van der Waals surface area contributed by atoms with E-state index >= 15 is 0 Å². The number of rotatable bonds is 4. The summed E-state index contributed by atoms with van der Waals surface area (Å²) in [5.41, 5.74) is -3.76. The van der Waals surface area contributed by atoms with Crippen LogP contribution in [0.25, 0.3) is 0 Å². The number of alkyl halides is 3. The molecule has 0 saturated heterocycles. The van der Waals surface area contributed by atoms with Gasteiger partial charge in [0, 0.05) is 0 Å². The van der Waals surface area contributed by atoms with Crippen LogP contribution in [-0.4, -0.2) is 31.2 Å². The summed E-state index contributed by atoms with van der Waals surface area (Å²) in [7, 11) is -4.89. The Hall–Kier alpha value is -1.68. The molecule has 1 unspecified atom stereocenters. The Kier molecular flexibility index (Phi) is 4.35. The fourth-order valence-electron chi connectivity index (χ4n) is 1.41. The zero-order chi connectivity index (χ0) is 16.6. The number of carbonyl (C=O) groups is 1. The van der Waals surface area contributed by atoms with E-state index in [1.54, 1.807) is 0 Å². The molecular formula is C11H11F4NO4S. The summed E-state index contributed by atoms with van der Waals surface area (Å²) >= 11 is 0. The molecular weight excluding hydrogens is 318 g/mol. The lowest BCUT2D eigenvalue weighted by atomic mass is 10.0. The largest absolute Gasteiger partial charge is 0.480 e. The lowest BCUT2D eigenvalue weighted by molar-refractivity contribution is -0.201. The second-order valence-corrected chi connectivity index (χ2v) is 6.09. The van der Waals surface area contributed by atoms with Gasteiger partial charge in [0.1, 0.15) is 5.82 Å². The number of hydrogen-bond donors (Lipinski definition) is 2. The molecule has 0 aromatic heterocycles. The highest BCUT2D eigenvalue weighted by Crippen LogP contribution is 2.32. The monoisotopic (exact) mass is 329 g/mol. The quantitative estimate of drug-likeness (QED) is 0.826. The van der Waals surface area contributed by atoms with Crippen molar-refractivity contribution in [2.45, 2.75) is 30.5 Å². The van der Waals surface area contributed by atoms with Gasteiger partial charge in [-0.15, -0.1) is 0 Å². The van der Waals surface area contributed by atoms with Crippen LogP contribution in [0.1, 0.15) is 12.5 Å². The third kappa shape index (κ3) is 3.32. The Bertz CT molecular complexity index is 671. The van der Waals surface area contributed by atoms with Gasteiger partial charge in [-0.1, -0.05) is 6.07 Å². The highest BCUT2D eigenvalue weighted by molar-refractivity contribution is 7.89. The fraction of sp³-hybridized carbons (Fsp3) is 0.364. The second kappa shape index (κ2) is 5.26. The van der Waals surface area contributed by atoms with Crippen molar-refractivity contribution in [1.29, 1.82) is 0 Å². The van der Waals surface area contributed by atoms with Crippen molar-refractivity contribution in [2.24, 2.45) is 0 Å². The number of carboxylic acid groups (broad SMARTS) is 1. The van der Waals surface area contributed by atoms with Crippen molar-refractivity contribution in [3.05, 3.63) is 29.6 Å². The molecule has 1 atom stereocenters. The summed E-state index contributed by atoms with van der Waals surface area (Å²) in [6.45, 7) is 1.40. The van der Waals surface area contributed by atoms with Crippen molar-refractivity contribution in [3.8, 4) is 0 Å². The molecule has 0 amide bonds. The van der Waals surface area contributed by atoms with E-state index in [1.807, 2.05) is 0 Å². The van der Waals surface area contributed by atoms with Crippen molar-refractivity contribution < 1.29 is 35.9 Å². The molecule has 2 N–H and O–H groups in total.